The van der Waals surface area contributed by atoms with E-state index in [1.165, 1.54) is 6.34 Å². The average Bonchev–Trinajstić information content (AvgIpc) is 3.23. The number of benzene rings is 1. The van der Waals surface area contributed by atoms with E-state index in [1.807, 2.05) is 18.2 Å². The van der Waals surface area contributed by atoms with Crippen LogP contribution in [-0.4, -0.2) is 12.3 Å². The third-order valence-electron chi connectivity index (χ3n) is 4.66. The van der Waals surface area contributed by atoms with E-state index in [9.17, 15) is 5.26 Å². The highest BCUT2D eigenvalue weighted by atomic mass is 15.1. The molecule has 0 aromatic heterocycles. The normalized spacial score (nSPS) is 25.6. The van der Waals surface area contributed by atoms with Gasteiger partial charge in [-0.05, 0) is 49.0 Å². The molecule has 2 aliphatic rings. The van der Waals surface area contributed by atoms with Crippen LogP contribution in [0.25, 0.3) is 0 Å². The number of nitrogens with one attached hydrogen (secondary N) is 1. The summed E-state index contributed by atoms with van der Waals surface area (Å²) in [5.41, 5.74) is 14.9. The smallest absolute Gasteiger partial charge is 0.199 e. The first-order chi connectivity index (χ1) is 12.0. The molecule has 6 heteroatoms. The van der Waals surface area contributed by atoms with E-state index in [0.717, 1.165) is 30.5 Å². The Hall–Kier alpha value is -2.91. The maximum Gasteiger partial charge on any atom is 0.199 e. The van der Waals surface area contributed by atoms with Gasteiger partial charge in [0, 0.05) is 11.2 Å². The largest absolute Gasteiger partial charge is 0.369 e. The molecule has 25 heavy (non-hydrogen) atoms. The van der Waals surface area contributed by atoms with Gasteiger partial charge in [-0.25, -0.2) is 9.98 Å². The number of nitrogens with zero attached hydrogens (tertiary/aromatic N) is 3. The van der Waals surface area contributed by atoms with Gasteiger partial charge in [-0.3, -0.25) is 0 Å². The van der Waals surface area contributed by atoms with Crippen LogP contribution in [0.3, 0.4) is 0 Å². The Kier molecular flexibility index (Phi) is 4.68. The Morgan fingerprint density at radius 2 is 2.24 bits per heavy atom. The highest BCUT2D eigenvalue weighted by molar-refractivity contribution is 5.96. The predicted molar refractivity (Wildman–Crippen MR) is 101 cm³/mol. The maximum atomic E-state index is 9.41. The summed E-state index contributed by atoms with van der Waals surface area (Å²) in [6.45, 7) is 2.09. The predicted octanol–water partition coefficient (Wildman–Crippen LogP) is 2.74. The minimum absolute atomic E-state index is 0.211. The van der Waals surface area contributed by atoms with Gasteiger partial charge in [0.1, 0.15) is 6.34 Å². The van der Waals surface area contributed by atoms with E-state index in [0.29, 0.717) is 17.2 Å². The zero-order valence-electron chi connectivity index (χ0n) is 14.2. The molecule has 0 saturated heterocycles. The van der Waals surface area contributed by atoms with Gasteiger partial charge in [-0.1, -0.05) is 25.1 Å². The zero-order chi connectivity index (χ0) is 17.9. The third-order valence-corrected chi connectivity index (χ3v) is 4.66. The number of aliphatic imine (C=N–C) groups is 2. The van der Waals surface area contributed by atoms with Crippen LogP contribution in [0.15, 0.2) is 52.1 Å². The van der Waals surface area contributed by atoms with Crippen LogP contribution in [-0.2, 0) is 5.54 Å². The maximum absolute atomic E-state index is 9.41. The Morgan fingerprint density at radius 3 is 2.88 bits per heavy atom. The van der Waals surface area contributed by atoms with Crippen molar-refractivity contribution < 1.29 is 0 Å². The highest BCUT2D eigenvalue weighted by Crippen LogP contribution is 2.50. The minimum atomic E-state index is -0.378. The lowest BCUT2D eigenvalue weighted by molar-refractivity contribution is 0.663. The molecule has 1 fully saturated rings. The van der Waals surface area contributed by atoms with E-state index in [1.54, 1.807) is 6.07 Å². The fourth-order valence-electron chi connectivity index (χ4n) is 2.98. The number of rotatable bonds is 4. The number of allylic oxidation sites excluding steroid dienone is 3. The van der Waals surface area contributed by atoms with E-state index >= 15 is 0 Å². The summed E-state index contributed by atoms with van der Waals surface area (Å²) in [7, 11) is 0. The van der Waals surface area contributed by atoms with E-state index in [2.05, 4.69) is 40.4 Å². The summed E-state index contributed by atoms with van der Waals surface area (Å²) in [6, 6.07) is 7.73. The van der Waals surface area contributed by atoms with Gasteiger partial charge in [-0.15, -0.1) is 0 Å². The molecule has 128 valence electrons. The summed E-state index contributed by atoms with van der Waals surface area (Å²) in [4.78, 5) is 8.31. The molecule has 3 rings (SSSR count). The highest BCUT2D eigenvalue weighted by Gasteiger charge is 2.50. The number of guanidine groups is 1. The quantitative estimate of drug-likeness (QED) is 0.580. The summed E-state index contributed by atoms with van der Waals surface area (Å²) in [5.74, 6) is 0.604. The molecule has 0 heterocycles. The molecular formula is C19H22N6. The van der Waals surface area contributed by atoms with Gasteiger partial charge in [0.05, 0.1) is 17.3 Å². The van der Waals surface area contributed by atoms with E-state index in [4.69, 9.17) is 11.5 Å². The van der Waals surface area contributed by atoms with Crippen molar-refractivity contribution in [2.24, 2.45) is 27.4 Å². The van der Waals surface area contributed by atoms with Crippen LogP contribution in [0.5, 0.6) is 0 Å². The molecule has 2 aliphatic carbocycles. The van der Waals surface area contributed by atoms with Crippen LogP contribution >= 0.6 is 0 Å². The molecule has 1 aromatic carbocycles. The fraction of sp³-hybridized carbons (Fsp3) is 0.316. The molecule has 5 N–H and O–H groups in total. The zero-order valence-corrected chi connectivity index (χ0v) is 14.2. The lowest BCUT2D eigenvalue weighted by Crippen LogP contribution is -2.24. The molecule has 1 saturated carbocycles. The van der Waals surface area contributed by atoms with Gasteiger partial charge < -0.3 is 16.8 Å². The summed E-state index contributed by atoms with van der Waals surface area (Å²) >= 11 is 0. The van der Waals surface area contributed by atoms with Crippen LogP contribution in [0.1, 0.15) is 37.3 Å². The third kappa shape index (κ3) is 3.78. The first-order valence-corrected chi connectivity index (χ1v) is 8.36. The monoisotopic (exact) mass is 334 g/mol. The number of nitrogens with two attached hydrogens (primary N) is 2. The second kappa shape index (κ2) is 6.91. The Bertz CT molecular complexity index is 827. The van der Waals surface area contributed by atoms with Crippen LogP contribution in [0.2, 0.25) is 0 Å². The summed E-state index contributed by atoms with van der Waals surface area (Å²) in [6.07, 6.45) is 10.4. The minimum Gasteiger partial charge on any atom is -0.369 e. The Balaban J connectivity index is 1.69. The van der Waals surface area contributed by atoms with Crippen molar-refractivity contribution in [3.8, 4) is 6.07 Å². The number of hydrogen-bond donors (Lipinski definition) is 3. The van der Waals surface area contributed by atoms with E-state index in [-0.39, 0.29) is 11.5 Å². The molecule has 2 atom stereocenters. The van der Waals surface area contributed by atoms with Crippen molar-refractivity contribution in [1.82, 2.24) is 0 Å². The van der Waals surface area contributed by atoms with E-state index < -0.39 is 0 Å². The van der Waals surface area contributed by atoms with Crippen LogP contribution < -0.4 is 16.8 Å². The first-order valence-electron chi connectivity index (χ1n) is 8.36. The Morgan fingerprint density at radius 1 is 1.44 bits per heavy atom. The standard InChI is InChI=1S/C19H22N6/c1-13-10-19(13,22)17-8-7-16(9-14(17)11-20)25-18(21)24-12-23-15-5-3-2-4-6-15/h3,5-9,12-13H,2,4,10,22H2,1H3,(H3,21,23,24,25). The molecule has 0 amide bonds. The molecule has 0 radical (unpaired) electrons. The number of anilines is 1. The van der Waals surface area contributed by atoms with Gasteiger partial charge in [0.2, 0.25) is 0 Å². The summed E-state index contributed by atoms with van der Waals surface area (Å²) in [5, 5.41) is 12.4. The van der Waals surface area contributed by atoms with Crippen molar-refractivity contribution in [3.63, 3.8) is 0 Å². The van der Waals surface area contributed by atoms with Crippen LogP contribution in [0.4, 0.5) is 5.69 Å². The van der Waals surface area contributed by atoms with Crippen molar-refractivity contribution in [1.29, 1.82) is 5.26 Å². The molecule has 0 aliphatic heterocycles. The van der Waals surface area contributed by atoms with Crippen molar-refractivity contribution >= 4 is 18.0 Å². The number of hydrogen-bond acceptors (Lipinski definition) is 3. The second-order valence-electron chi connectivity index (χ2n) is 6.51. The van der Waals surface area contributed by atoms with Crippen LogP contribution in [0, 0.1) is 17.2 Å². The van der Waals surface area contributed by atoms with Crippen molar-refractivity contribution in [2.45, 2.75) is 31.7 Å². The Labute approximate surface area is 147 Å². The van der Waals surface area contributed by atoms with Crippen molar-refractivity contribution in [2.75, 3.05) is 5.32 Å². The van der Waals surface area contributed by atoms with Gasteiger partial charge in [-0.2, -0.15) is 5.26 Å². The molecule has 1 aromatic rings. The topological polar surface area (TPSA) is 113 Å². The fourth-order valence-corrected chi connectivity index (χ4v) is 2.98. The first kappa shape index (κ1) is 16.9. The molecule has 0 bridgehead atoms. The second-order valence-corrected chi connectivity index (χ2v) is 6.51. The van der Waals surface area contributed by atoms with Gasteiger partial charge in [0.25, 0.3) is 0 Å². The lowest BCUT2D eigenvalue weighted by Gasteiger charge is -2.14. The summed E-state index contributed by atoms with van der Waals surface area (Å²) < 4.78 is 0. The molecule has 2 unspecified atom stereocenters. The lowest BCUT2D eigenvalue weighted by atomic mass is 9.97. The SMILES string of the molecule is CC1CC1(N)c1ccc(NC(N)=NC=NC2=CCCC=C2)cc1C#N. The molecule has 0 spiro atoms. The van der Waals surface area contributed by atoms with Crippen molar-refractivity contribution in [3.05, 3.63) is 53.3 Å². The van der Waals surface area contributed by atoms with Gasteiger partial charge in [0.15, 0.2) is 5.96 Å². The average molecular weight is 334 g/mol. The molecule has 6 nitrogen and oxygen atoms in total. The van der Waals surface area contributed by atoms with Gasteiger partial charge >= 0.3 is 0 Å². The number of nitriles is 1. The molecular weight excluding hydrogens is 312 g/mol.